The molecule has 1 aromatic carbocycles. The Morgan fingerprint density at radius 2 is 1.84 bits per heavy atom. The molecule has 0 aliphatic heterocycles. The molecule has 0 unspecified atom stereocenters. The summed E-state index contributed by atoms with van der Waals surface area (Å²) in [5.74, 6) is -0.315. The number of likely N-dealkylation sites (N-methyl/N-ethyl adjacent to an activating group) is 1. The van der Waals surface area contributed by atoms with Gasteiger partial charge in [-0.25, -0.2) is 0 Å². The van der Waals surface area contributed by atoms with E-state index in [0.29, 0.717) is 12.6 Å². The molecule has 1 aliphatic rings. The Hall–Kier alpha value is -1.40. The van der Waals surface area contributed by atoms with Gasteiger partial charge in [-0.15, -0.1) is 0 Å². The van der Waals surface area contributed by atoms with Crippen LogP contribution in [0.3, 0.4) is 0 Å². The molecule has 138 valence electrons. The van der Waals surface area contributed by atoms with Crippen molar-refractivity contribution in [2.24, 2.45) is 0 Å². The number of amides is 2. The Morgan fingerprint density at radius 1 is 1.16 bits per heavy atom. The Labute approximate surface area is 158 Å². The van der Waals surface area contributed by atoms with Crippen molar-refractivity contribution in [2.75, 3.05) is 25.5 Å². The number of nitrogens with one attached hydrogen (secondary N) is 2. The zero-order valence-electron chi connectivity index (χ0n) is 15.1. The second-order valence-electron chi connectivity index (χ2n) is 6.84. The van der Waals surface area contributed by atoms with E-state index in [1.165, 1.54) is 25.7 Å². The van der Waals surface area contributed by atoms with E-state index in [0.717, 1.165) is 28.6 Å². The van der Waals surface area contributed by atoms with Crippen LogP contribution in [-0.2, 0) is 9.59 Å². The van der Waals surface area contributed by atoms with Gasteiger partial charge >= 0.3 is 0 Å². The molecule has 2 N–H and O–H groups in total. The number of anilines is 1. The van der Waals surface area contributed by atoms with Crippen LogP contribution in [0.2, 0.25) is 0 Å². The number of hydrogen-bond acceptors (Lipinski definition) is 3. The molecule has 25 heavy (non-hydrogen) atoms. The van der Waals surface area contributed by atoms with E-state index in [4.69, 9.17) is 0 Å². The molecule has 5 nitrogen and oxygen atoms in total. The number of hydrogen-bond donors (Lipinski definition) is 2. The van der Waals surface area contributed by atoms with Crippen molar-refractivity contribution in [2.45, 2.75) is 51.5 Å². The molecule has 1 aromatic rings. The van der Waals surface area contributed by atoms with Gasteiger partial charge in [0.25, 0.3) is 0 Å². The van der Waals surface area contributed by atoms with Gasteiger partial charge in [-0.3, -0.25) is 14.5 Å². The number of halogens is 1. The van der Waals surface area contributed by atoms with Crippen LogP contribution >= 0.6 is 15.9 Å². The summed E-state index contributed by atoms with van der Waals surface area (Å²) in [6, 6.07) is 6.14. The summed E-state index contributed by atoms with van der Waals surface area (Å²) in [6.07, 6.45) is 7.40. The smallest absolute Gasteiger partial charge is 0.243 e. The first-order valence-corrected chi connectivity index (χ1v) is 9.78. The lowest BCUT2D eigenvalue weighted by molar-refractivity contribution is -0.125. The van der Waals surface area contributed by atoms with Gasteiger partial charge in [-0.1, -0.05) is 41.6 Å². The van der Waals surface area contributed by atoms with Gasteiger partial charge in [0.15, 0.2) is 0 Å². The van der Waals surface area contributed by atoms with Gasteiger partial charge in [0.05, 0.1) is 13.1 Å². The third kappa shape index (κ3) is 6.78. The van der Waals surface area contributed by atoms with E-state index in [2.05, 4.69) is 31.5 Å². The van der Waals surface area contributed by atoms with Crippen molar-refractivity contribution in [3.63, 3.8) is 0 Å². The molecule has 0 spiro atoms. The molecule has 0 heterocycles. The summed E-state index contributed by atoms with van der Waals surface area (Å²) in [6.45, 7) is 2.27. The van der Waals surface area contributed by atoms with E-state index < -0.39 is 0 Å². The lowest BCUT2D eigenvalue weighted by Crippen LogP contribution is -2.42. The molecular weight excluding hydrogens is 382 g/mol. The minimum atomic E-state index is -0.212. The van der Waals surface area contributed by atoms with Gasteiger partial charge in [0.1, 0.15) is 0 Å². The van der Waals surface area contributed by atoms with Gasteiger partial charge in [-0.2, -0.15) is 0 Å². The highest BCUT2D eigenvalue weighted by atomic mass is 79.9. The van der Waals surface area contributed by atoms with Crippen LogP contribution in [0.5, 0.6) is 0 Å². The normalized spacial score (nSPS) is 15.7. The standard InChI is InChI=1S/C19H28BrN3O2/c1-14-11-15(20)9-10-17(14)22-18(24)12-21-19(25)13-23(2)16-7-5-3-4-6-8-16/h9-11,16H,3-8,12-13H2,1-2H3,(H,21,25)(H,22,24). The van der Waals surface area contributed by atoms with E-state index in [-0.39, 0.29) is 18.4 Å². The van der Waals surface area contributed by atoms with Crippen molar-refractivity contribution >= 4 is 33.4 Å². The largest absolute Gasteiger partial charge is 0.346 e. The SMILES string of the molecule is Cc1cc(Br)ccc1NC(=O)CNC(=O)CN(C)C1CCCCCC1. The van der Waals surface area contributed by atoms with Crippen molar-refractivity contribution in [1.82, 2.24) is 10.2 Å². The van der Waals surface area contributed by atoms with Gasteiger partial charge in [-0.05, 0) is 50.6 Å². The zero-order chi connectivity index (χ0) is 18.2. The highest BCUT2D eigenvalue weighted by molar-refractivity contribution is 9.10. The quantitative estimate of drug-likeness (QED) is 0.707. The minimum Gasteiger partial charge on any atom is -0.346 e. The van der Waals surface area contributed by atoms with Crippen LogP contribution in [0.25, 0.3) is 0 Å². The highest BCUT2D eigenvalue weighted by Gasteiger charge is 2.19. The number of aryl methyl sites for hydroxylation is 1. The molecule has 0 bridgehead atoms. The second-order valence-corrected chi connectivity index (χ2v) is 7.76. The molecule has 1 aliphatic carbocycles. The predicted octanol–water partition coefficient (Wildman–Crippen LogP) is 3.47. The van der Waals surface area contributed by atoms with Crippen LogP contribution < -0.4 is 10.6 Å². The first-order valence-electron chi connectivity index (χ1n) is 8.98. The summed E-state index contributed by atoms with van der Waals surface area (Å²) in [4.78, 5) is 26.3. The van der Waals surface area contributed by atoms with Gasteiger partial charge in [0.2, 0.25) is 11.8 Å². The molecule has 6 heteroatoms. The van der Waals surface area contributed by atoms with Crippen molar-refractivity contribution < 1.29 is 9.59 Å². The molecule has 1 saturated carbocycles. The fourth-order valence-corrected chi connectivity index (χ4v) is 3.73. The topological polar surface area (TPSA) is 61.4 Å². The first-order chi connectivity index (χ1) is 12.0. The highest BCUT2D eigenvalue weighted by Crippen LogP contribution is 2.21. The summed E-state index contributed by atoms with van der Waals surface area (Å²) in [7, 11) is 2.00. The molecule has 2 rings (SSSR count). The molecule has 1 fully saturated rings. The molecule has 0 saturated heterocycles. The Bertz CT molecular complexity index is 598. The van der Waals surface area contributed by atoms with Crippen molar-refractivity contribution in [3.8, 4) is 0 Å². The predicted molar refractivity (Wildman–Crippen MR) is 105 cm³/mol. The summed E-state index contributed by atoms with van der Waals surface area (Å²) in [5, 5.41) is 5.55. The van der Waals surface area contributed by atoms with Crippen molar-refractivity contribution in [3.05, 3.63) is 28.2 Å². The van der Waals surface area contributed by atoms with E-state index in [9.17, 15) is 9.59 Å². The maximum atomic E-state index is 12.1. The molecule has 0 aromatic heterocycles. The molecule has 0 atom stereocenters. The maximum Gasteiger partial charge on any atom is 0.243 e. The van der Waals surface area contributed by atoms with Crippen LogP contribution in [0.15, 0.2) is 22.7 Å². The average molecular weight is 410 g/mol. The van der Waals surface area contributed by atoms with Crippen molar-refractivity contribution in [1.29, 1.82) is 0 Å². The number of carbonyl (C=O) groups is 2. The zero-order valence-corrected chi connectivity index (χ0v) is 16.7. The Morgan fingerprint density at radius 3 is 2.48 bits per heavy atom. The average Bonchev–Trinajstić information content (AvgIpc) is 2.85. The number of nitrogens with zero attached hydrogens (tertiary/aromatic N) is 1. The first kappa shape index (κ1) is 19.9. The summed E-state index contributed by atoms with van der Waals surface area (Å²) < 4.78 is 0.970. The Kier molecular flexibility index (Phi) is 7.90. The summed E-state index contributed by atoms with van der Waals surface area (Å²) >= 11 is 3.40. The third-order valence-corrected chi connectivity index (χ3v) is 5.24. The van der Waals surface area contributed by atoms with Crippen LogP contribution in [0, 0.1) is 6.92 Å². The van der Waals surface area contributed by atoms with Crippen LogP contribution in [0.1, 0.15) is 44.1 Å². The van der Waals surface area contributed by atoms with Crippen LogP contribution in [0.4, 0.5) is 5.69 Å². The summed E-state index contributed by atoms with van der Waals surface area (Å²) in [5.41, 5.74) is 1.74. The lowest BCUT2D eigenvalue weighted by Gasteiger charge is -2.26. The number of carbonyl (C=O) groups excluding carboxylic acids is 2. The van der Waals surface area contributed by atoms with E-state index in [1.807, 2.05) is 32.2 Å². The Balaban J connectivity index is 1.74. The minimum absolute atomic E-state index is 0.00710. The van der Waals surface area contributed by atoms with E-state index in [1.54, 1.807) is 0 Å². The molecular formula is C19H28BrN3O2. The van der Waals surface area contributed by atoms with Crippen LogP contribution in [-0.4, -0.2) is 42.9 Å². The van der Waals surface area contributed by atoms with Gasteiger partial charge < -0.3 is 10.6 Å². The molecule has 0 radical (unpaired) electrons. The second kappa shape index (κ2) is 9.92. The lowest BCUT2D eigenvalue weighted by atomic mass is 10.1. The number of rotatable bonds is 6. The monoisotopic (exact) mass is 409 g/mol. The fraction of sp³-hybridized carbons (Fsp3) is 0.579. The van der Waals surface area contributed by atoms with E-state index >= 15 is 0 Å². The third-order valence-electron chi connectivity index (χ3n) is 4.75. The number of benzene rings is 1. The molecule has 2 amide bonds. The van der Waals surface area contributed by atoms with Gasteiger partial charge in [0, 0.05) is 16.2 Å². The fourth-order valence-electron chi connectivity index (χ4n) is 3.25. The maximum absolute atomic E-state index is 12.1.